The van der Waals surface area contributed by atoms with Crippen LogP contribution in [0.2, 0.25) is 0 Å². The van der Waals surface area contributed by atoms with Crippen molar-refractivity contribution in [2.45, 2.75) is 38.8 Å². The first-order valence-electron chi connectivity index (χ1n) is 9.16. The van der Waals surface area contributed by atoms with E-state index in [0.29, 0.717) is 18.9 Å². The zero-order chi connectivity index (χ0) is 18.5. The maximum Gasteiger partial charge on any atom is 0.227 e. The molecule has 0 bridgehead atoms. The Morgan fingerprint density at radius 1 is 1.08 bits per heavy atom. The summed E-state index contributed by atoms with van der Waals surface area (Å²) in [7, 11) is 3.30. The summed E-state index contributed by atoms with van der Waals surface area (Å²) in [5.74, 6) is 2.36. The summed E-state index contributed by atoms with van der Waals surface area (Å²) in [6, 6.07) is 15.9. The molecule has 0 aliphatic heterocycles. The number of methoxy groups -OCH3 is 2. The van der Waals surface area contributed by atoms with Crippen LogP contribution in [0.4, 0.5) is 0 Å². The molecule has 2 aromatic rings. The summed E-state index contributed by atoms with van der Waals surface area (Å²) >= 11 is 0. The number of nitrogens with zero attached hydrogens (tertiary/aromatic N) is 1. The second kappa shape index (κ2) is 8.26. The topological polar surface area (TPSA) is 38.8 Å². The van der Waals surface area contributed by atoms with Crippen molar-refractivity contribution in [3.05, 3.63) is 59.7 Å². The number of para-hydroxylation sites is 1. The third kappa shape index (κ3) is 4.37. The molecule has 4 nitrogen and oxygen atoms in total. The second-order valence-electron chi connectivity index (χ2n) is 6.94. The van der Waals surface area contributed by atoms with E-state index in [0.717, 1.165) is 22.6 Å². The second-order valence-corrected chi connectivity index (χ2v) is 6.94. The van der Waals surface area contributed by atoms with Gasteiger partial charge >= 0.3 is 0 Å². The first kappa shape index (κ1) is 18.3. The quantitative estimate of drug-likeness (QED) is 0.718. The molecular weight excluding hydrogens is 326 g/mol. The van der Waals surface area contributed by atoms with Crippen LogP contribution in [0.15, 0.2) is 48.5 Å². The van der Waals surface area contributed by atoms with E-state index >= 15 is 0 Å². The Hall–Kier alpha value is -2.49. The van der Waals surface area contributed by atoms with Gasteiger partial charge in [0.05, 0.1) is 20.6 Å². The average molecular weight is 353 g/mol. The van der Waals surface area contributed by atoms with Crippen LogP contribution in [0.1, 0.15) is 30.9 Å². The van der Waals surface area contributed by atoms with E-state index in [1.165, 1.54) is 12.8 Å². The minimum absolute atomic E-state index is 0.143. The molecule has 4 heteroatoms. The van der Waals surface area contributed by atoms with E-state index in [-0.39, 0.29) is 11.9 Å². The zero-order valence-electron chi connectivity index (χ0n) is 15.8. The summed E-state index contributed by atoms with van der Waals surface area (Å²) in [6.45, 7) is 2.79. The lowest BCUT2D eigenvalue weighted by atomic mass is 10.1. The molecule has 1 saturated carbocycles. The van der Waals surface area contributed by atoms with Gasteiger partial charge in [0.2, 0.25) is 5.91 Å². The van der Waals surface area contributed by atoms with E-state index in [2.05, 4.69) is 6.92 Å². The molecule has 138 valence electrons. The van der Waals surface area contributed by atoms with Crippen molar-refractivity contribution in [3.8, 4) is 11.5 Å². The molecule has 1 aliphatic rings. The predicted molar refractivity (Wildman–Crippen MR) is 102 cm³/mol. The molecule has 0 spiro atoms. The Balaban J connectivity index is 1.77. The average Bonchev–Trinajstić information content (AvgIpc) is 3.51. The number of amides is 1. The van der Waals surface area contributed by atoms with E-state index < -0.39 is 0 Å². The molecule has 26 heavy (non-hydrogen) atoms. The molecule has 3 rings (SSSR count). The normalized spacial score (nSPS) is 14.6. The molecule has 1 unspecified atom stereocenters. The number of ether oxygens (including phenoxy) is 2. The van der Waals surface area contributed by atoms with Crippen LogP contribution in [0.3, 0.4) is 0 Å². The number of carbonyl (C=O) groups excluding carboxylic acids is 1. The Kier molecular flexibility index (Phi) is 5.82. The van der Waals surface area contributed by atoms with E-state index in [1.54, 1.807) is 14.2 Å². The van der Waals surface area contributed by atoms with Gasteiger partial charge in [-0.15, -0.1) is 0 Å². The Labute approximate surface area is 155 Å². The lowest BCUT2D eigenvalue weighted by Gasteiger charge is -2.30. The van der Waals surface area contributed by atoms with Crippen LogP contribution < -0.4 is 9.47 Å². The van der Waals surface area contributed by atoms with E-state index in [4.69, 9.17) is 9.47 Å². The molecular formula is C22H27NO3. The first-order chi connectivity index (χ1) is 12.6. The third-order valence-corrected chi connectivity index (χ3v) is 5.16. The van der Waals surface area contributed by atoms with Gasteiger partial charge in [0.15, 0.2) is 0 Å². The standard InChI is InChI=1S/C22H27NO3/c1-16(18-10-11-18)23(15-17-8-12-20(25-2)13-9-17)22(24)14-19-6-4-5-7-21(19)26-3/h4-9,12-13,16,18H,10-11,14-15H2,1-3H3. The predicted octanol–water partition coefficient (Wildman–Crippen LogP) is 4.07. The van der Waals surface area contributed by atoms with Crippen LogP contribution in [0.5, 0.6) is 11.5 Å². The van der Waals surface area contributed by atoms with Crippen LogP contribution in [-0.2, 0) is 17.8 Å². The summed E-state index contributed by atoms with van der Waals surface area (Å²) in [5.41, 5.74) is 2.05. The highest BCUT2D eigenvalue weighted by Gasteiger charge is 2.34. The number of benzene rings is 2. The fourth-order valence-electron chi connectivity index (χ4n) is 3.33. The minimum Gasteiger partial charge on any atom is -0.497 e. The van der Waals surface area contributed by atoms with Gasteiger partial charge in [-0.1, -0.05) is 30.3 Å². The lowest BCUT2D eigenvalue weighted by molar-refractivity contribution is -0.133. The zero-order valence-corrected chi connectivity index (χ0v) is 15.8. The highest BCUT2D eigenvalue weighted by molar-refractivity contribution is 5.80. The smallest absolute Gasteiger partial charge is 0.227 e. The fraction of sp³-hybridized carbons (Fsp3) is 0.409. The Bertz CT molecular complexity index is 737. The highest BCUT2D eigenvalue weighted by atomic mass is 16.5. The van der Waals surface area contributed by atoms with Crippen LogP contribution in [-0.4, -0.2) is 31.1 Å². The van der Waals surface area contributed by atoms with Gasteiger partial charge < -0.3 is 14.4 Å². The maximum atomic E-state index is 13.1. The molecule has 0 N–H and O–H groups in total. The van der Waals surface area contributed by atoms with Gasteiger partial charge in [0, 0.05) is 18.2 Å². The molecule has 0 radical (unpaired) electrons. The van der Waals surface area contributed by atoms with Gasteiger partial charge in [-0.05, 0) is 49.4 Å². The van der Waals surface area contributed by atoms with Crippen molar-refractivity contribution in [2.75, 3.05) is 14.2 Å². The lowest BCUT2D eigenvalue weighted by Crippen LogP contribution is -2.40. The van der Waals surface area contributed by atoms with Crippen molar-refractivity contribution in [3.63, 3.8) is 0 Å². The Morgan fingerprint density at radius 3 is 2.38 bits per heavy atom. The molecule has 2 aromatic carbocycles. The molecule has 1 fully saturated rings. The van der Waals surface area contributed by atoms with Gasteiger partial charge in [-0.25, -0.2) is 0 Å². The van der Waals surface area contributed by atoms with Crippen molar-refractivity contribution < 1.29 is 14.3 Å². The van der Waals surface area contributed by atoms with Crippen molar-refractivity contribution in [1.82, 2.24) is 4.90 Å². The van der Waals surface area contributed by atoms with Crippen molar-refractivity contribution in [2.24, 2.45) is 5.92 Å². The van der Waals surface area contributed by atoms with E-state index in [1.807, 2.05) is 53.4 Å². The SMILES string of the molecule is COc1ccc(CN(C(=O)Cc2ccccc2OC)C(C)C2CC2)cc1. The number of carbonyl (C=O) groups is 1. The van der Waals surface area contributed by atoms with Crippen molar-refractivity contribution in [1.29, 1.82) is 0 Å². The molecule has 1 aliphatic carbocycles. The highest BCUT2D eigenvalue weighted by Crippen LogP contribution is 2.36. The summed E-state index contributed by atoms with van der Waals surface area (Å²) in [6.07, 6.45) is 2.78. The fourth-order valence-corrected chi connectivity index (χ4v) is 3.33. The van der Waals surface area contributed by atoms with Crippen LogP contribution in [0.25, 0.3) is 0 Å². The largest absolute Gasteiger partial charge is 0.497 e. The number of hydrogen-bond donors (Lipinski definition) is 0. The van der Waals surface area contributed by atoms with Crippen LogP contribution in [0, 0.1) is 5.92 Å². The van der Waals surface area contributed by atoms with Gasteiger partial charge in [0.1, 0.15) is 11.5 Å². The van der Waals surface area contributed by atoms with Crippen LogP contribution >= 0.6 is 0 Å². The molecule has 1 atom stereocenters. The molecule has 0 aromatic heterocycles. The van der Waals surface area contributed by atoms with Crippen molar-refractivity contribution >= 4 is 5.91 Å². The summed E-state index contributed by atoms with van der Waals surface area (Å²) in [5, 5.41) is 0. The van der Waals surface area contributed by atoms with Gasteiger partial charge in [-0.3, -0.25) is 4.79 Å². The molecule has 0 heterocycles. The third-order valence-electron chi connectivity index (χ3n) is 5.16. The monoisotopic (exact) mass is 353 g/mol. The summed E-state index contributed by atoms with van der Waals surface area (Å²) < 4.78 is 10.6. The maximum absolute atomic E-state index is 13.1. The Morgan fingerprint density at radius 2 is 1.77 bits per heavy atom. The first-order valence-corrected chi connectivity index (χ1v) is 9.16. The van der Waals surface area contributed by atoms with Gasteiger partial charge in [0.25, 0.3) is 0 Å². The van der Waals surface area contributed by atoms with E-state index in [9.17, 15) is 4.79 Å². The van der Waals surface area contributed by atoms with Gasteiger partial charge in [-0.2, -0.15) is 0 Å². The number of rotatable bonds is 8. The molecule has 1 amide bonds. The molecule has 0 saturated heterocycles. The number of hydrogen-bond acceptors (Lipinski definition) is 3. The minimum atomic E-state index is 0.143. The summed E-state index contributed by atoms with van der Waals surface area (Å²) in [4.78, 5) is 15.1.